The van der Waals surface area contributed by atoms with Gasteiger partial charge >= 0.3 is 0 Å². The standard InChI is InChI=1S/C14H19NO3/c1-4-5-6-7-18-14-12(16-2)8-11(10-15)9-13(14)17-3/h8-9H,6-7,10,15H2,1-3H3. The van der Waals surface area contributed by atoms with Gasteiger partial charge in [-0.1, -0.05) is 0 Å². The molecule has 0 amide bonds. The van der Waals surface area contributed by atoms with Crippen LogP contribution in [0.25, 0.3) is 0 Å². The summed E-state index contributed by atoms with van der Waals surface area (Å²) in [5.74, 6) is 7.60. The molecule has 0 saturated carbocycles. The quantitative estimate of drug-likeness (QED) is 0.618. The van der Waals surface area contributed by atoms with E-state index in [0.29, 0.717) is 36.8 Å². The van der Waals surface area contributed by atoms with E-state index < -0.39 is 0 Å². The van der Waals surface area contributed by atoms with Gasteiger partial charge in [-0.15, -0.1) is 11.8 Å². The summed E-state index contributed by atoms with van der Waals surface area (Å²) in [5, 5.41) is 0. The van der Waals surface area contributed by atoms with Crippen LogP contribution >= 0.6 is 0 Å². The summed E-state index contributed by atoms with van der Waals surface area (Å²) in [5.41, 5.74) is 6.55. The van der Waals surface area contributed by atoms with Crippen molar-refractivity contribution in [3.8, 4) is 29.1 Å². The summed E-state index contributed by atoms with van der Waals surface area (Å²) in [4.78, 5) is 0. The Morgan fingerprint density at radius 1 is 1.17 bits per heavy atom. The van der Waals surface area contributed by atoms with Crippen molar-refractivity contribution in [3.63, 3.8) is 0 Å². The zero-order chi connectivity index (χ0) is 13.4. The van der Waals surface area contributed by atoms with Crippen LogP contribution in [0.5, 0.6) is 17.2 Å². The fraction of sp³-hybridized carbons (Fsp3) is 0.429. The summed E-state index contributed by atoms with van der Waals surface area (Å²) in [6.07, 6.45) is 0.668. The lowest BCUT2D eigenvalue weighted by atomic mass is 10.2. The summed E-state index contributed by atoms with van der Waals surface area (Å²) >= 11 is 0. The maximum Gasteiger partial charge on any atom is 0.203 e. The Bertz CT molecular complexity index is 421. The molecular formula is C14H19NO3. The first-order chi connectivity index (χ1) is 8.76. The molecule has 0 aromatic heterocycles. The fourth-order valence-corrected chi connectivity index (χ4v) is 1.52. The van der Waals surface area contributed by atoms with Crippen LogP contribution in [-0.2, 0) is 6.54 Å². The Hall–Kier alpha value is -1.86. The molecule has 0 spiro atoms. The average Bonchev–Trinajstić information content (AvgIpc) is 2.42. The molecule has 0 aliphatic heterocycles. The van der Waals surface area contributed by atoms with Crippen LogP contribution < -0.4 is 19.9 Å². The van der Waals surface area contributed by atoms with Crippen molar-refractivity contribution in [2.75, 3.05) is 20.8 Å². The highest BCUT2D eigenvalue weighted by Crippen LogP contribution is 2.38. The predicted molar refractivity (Wildman–Crippen MR) is 71.0 cm³/mol. The van der Waals surface area contributed by atoms with Gasteiger partial charge in [-0.3, -0.25) is 0 Å². The Balaban J connectivity index is 2.94. The van der Waals surface area contributed by atoms with E-state index in [9.17, 15) is 0 Å². The minimum atomic E-state index is 0.425. The van der Waals surface area contributed by atoms with Crippen LogP contribution in [0.2, 0.25) is 0 Å². The van der Waals surface area contributed by atoms with Crippen LogP contribution in [0.15, 0.2) is 12.1 Å². The molecule has 0 unspecified atom stereocenters. The monoisotopic (exact) mass is 249 g/mol. The van der Waals surface area contributed by atoms with E-state index in [1.807, 2.05) is 12.1 Å². The van der Waals surface area contributed by atoms with Crippen LogP contribution in [0.1, 0.15) is 18.9 Å². The molecule has 18 heavy (non-hydrogen) atoms. The molecule has 0 atom stereocenters. The number of ether oxygens (including phenoxy) is 3. The highest BCUT2D eigenvalue weighted by atomic mass is 16.5. The molecule has 0 aliphatic rings. The van der Waals surface area contributed by atoms with Gasteiger partial charge in [0.25, 0.3) is 0 Å². The summed E-state index contributed by atoms with van der Waals surface area (Å²) in [6.45, 7) is 2.72. The molecule has 4 heteroatoms. The first kappa shape index (κ1) is 14.2. The van der Waals surface area contributed by atoms with E-state index in [1.54, 1.807) is 21.1 Å². The molecule has 98 valence electrons. The van der Waals surface area contributed by atoms with E-state index in [1.165, 1.54) is 0 Å². The first-order valence-corrected chi connectivity index (χ1v) is 5.74. The topological polar surface area (TPSA) is 53.7 Å². The fourth-order valence-electron chi connectivity index (χ4n) is 1.52. The Labute approximate surface area is 108 Å². The largest absolute Gasteiger partial charge is 0.493 e. The Morgan fingerprint density at radius 2 is 1.78 bits per heavy atom. The molecule has 0 heterocycles. The summed E-state index contributed by atoms with van der Waals surface area (Å²) in [6, 6.07) is 3.70. The molecular weight excluding hydrogens is 230 g/mol. The van der Waals surface area contributed by atoms with Gasteiger partial charge in [-0.2, -0.15) is 0 Å². The molecule has 4 nitrogen and oxygen atoms in total. The number of methoxy groups -OCH3 is 2. The van der Waals surface area contributed by atoms with Gasteiger partial charge in [0.1, 0.15) is 0 Å². The van der Waals surface area contributed by atoms with Crippen molar-refractivity contribution in [1.82, 2.24) is 0 Å². The van der Waals surface area contributed by atoms with Gasteiger partial charge in [-0.25, -0.2) is 0 Å². The van der Waals surface area contributed by atoms with Crippen LogP contribution in [0.3, 0.4) is 0 Å². The normalized spacial score (nSPS) is 9.33. The molecule has 0 aliphatic carbocycles. The lowest BCUT2D eigenvalue weighted by molar-refractivity contribution is 0.280. The highest BCUT2D eigenvalue weighted by molar-refractivity contribution is 5.53. The third-order valence-corrected chi connectivity index (χ3v) is 2.41. The van der Waals surface area contributed by atoms with Gasteiger partial charge in [0.05, 0.1) is 20.8 Å². The molecule has 0 radical (unpaired) electrons. The number of benzene rings is 1. The van der Waals surface area contributed by atoms with Crippen molar-refractivity contribution in [1.29, 1.82) is 0 Å². The Kier molecular flexibility index (Phi) is 5.89. The third kappa shape index (κ3) is 3.57. The van der Waals surface area contributed by atoms with Crippen LogP contribution in [0, 0.1) is 11.8 Å². The lowest BCUT2D eigenvalue weighted by Crippen LogP contribution is -2.03. The van der Waals surface area contributed by atoms with E-state index in [2.05, 4.69) is 11.8 Å². The molecule has 1 aromatic rings. The molecule has 0 saturated heterocycles. The van der Waals surface area contributed by atoms with Gasteiger partial charge < -0.3 is 19.9 Å². The highest BCUT2D eigenvalue weighted by Gasteiger charge is 2.13. The van der Waals surface area contributed by atoms with Crippen molar-refractivity contribution in [2.45, 2.75) is 19.9 Å². The first-order valence-electron chi connectivity index (χ1n) is 5.74. The molecule has 1 rings (SSSR count). The minimum absolute atomic E-state index is 0.425. The van der Waals surface area contributed by atoms with Gasteiger partial charge in [-0.05, 0) is 24.6 Å². The van der Waals surface area contributed by atoms with Gasteiger partial charge in [0.15, 0.2) is 11.5 Å². The van der Waals surface area contributed by atoms with Crippen molar-refractivity contribution >= 4 is 0 Å². The summed E-state index contributed by atoms with van der Waals surface area (Å²) in [7, 11) is 3.18. The smallest absolute Gasteiger partial charge is 0.203 e. The summed E-state index contributed by atoms with van der Waals surface area (Å²) < 4.78 is 16.2. The van der Waals surface area contributed by atoms with Crippen molar-refractivity contribution in [3.05, 3.63) is 17.7 Å². The minimum Gasteiger partial charge on any atom is -0.493 e. The SMILES string of the molecule is CC#CCCOc1c(OC)cc(CN)cc1OC. The molecule has 0 bridgehead atoms. The number of hydrogen-bond acceptors (Lipinski definition) is 4. The van der Waals surface area contributed by atoms with E-state index in [4.69, 9.17) is 19.9 Å². The maximum absolute atomic E-state index is 5.66. The predicted octanol–water partition coefficient (Wildman–Crippen LogP) is 1.95. The number of hydrogen-bond donors (Lipinski definition) is 1. The van der Waals surface area contributed by atoms with Crippen molar-refractivity contribution in [2.24, 2.45) is 5.73 Å². The number of rotatable bonds is 6. The second kappa shape index (κ2) is 7.46. The lowest BCUT2D eigenvalue weighted by Gasteiger charge is -2.15. The number of nitrogens with two attached hydrogens (primary N) is 1. The van der Waals surface area contributed by atoms with E-state index in [0.717, 1.165) is 5.56 Å². The van der Waals surface area contributed by atoms with Crippen LogP contribution in [0.4, 0.5) is 0 Å². The van der Waals surface area contributed by atoms with Gasteiger partial charge in [0, 0.05) is 13.0 Å². The molecule has 2 N–H and O–H groups in total. The van der Waals surface area contributed by atoms with E-state index >= 15 is 0 Å². The second-order valence-corrected chi connectivity index (χ2v) is 3.56. The third-order valence-electron chi connectivity index (χ3n) is 2.41. The van der Waals surface area contributed by atoms with Crippen molar-refractivity contribution < 1.29 is 14.2 Å². The average molecular weight is 249 g/mol. The molecule has 1 aromatic carbocycles. The zero-order valence-electron chi connectivity index (χ0n) is 11.1. The van der Waals surface area contributed by atoms with Gasteiger partial charge in [0.2, 0.25) is 5.75 Å². The maximum atomic E-state index is 5.66. The second-order valence-electron chi connectivity index (χ2n) is 3.56. The van der Waals surface area contributed by atoms with Crippen LogP contribution in [-0.4, -0.2) is 20.8 Å². The Morgan fingerprint density at radius 3 is 2.22 bits per heavy atom. The van der Waals surface area contributed by atoms with E-state index in [-0.39, 0.29) is 0 Å². The zero-order valence-corrected chi connectivity index (χ0v) is 11.1. The molecule has 0 fully saturated rings.